The Kier molecular flexibility index (Phi) is 3.43. The first-order valence-corrected chi connectivity index (χ1v) is 4.81. The van der Waals surface area contributed by atoms with Gasteiger partial charge < -0.3 is 5.73 Å². The van der Waals surface area contributed by atoms with Crippen LogP contribution in [0, 0.1) is 0 Å². The maximum Gasteiger partial charge on any atom is 0.0540 e. The van der Waals surface area contributed by atoms with Gasteiger partial charge in [0.1, 0.15) is 0 Å². The summed E-state index contributed by atoms with van der Waals surface area (Å²) < 4.78 is 0. The van der Waals surface area contributed by atoms with Gasteiger partial charge in [0.05, 0.1) is 5.69 Å². The highest BCUT2D eigenvalue weighted by molar-refractivity contribution is 9.09. The highest BCUT2D eigenvalue weighted by Crippen LogP contribution is 2.09. The number of aryl methyl sites for hydroxylation is 1. The Morgan fingerprint density at radius 2 is 1.82 bits per heavy atom. The van der Waals surface area contributed by atoms with Gasteiger partial charge >= 0.3 is 0 Å². The Balaban J connectivity index is 2.52. The van der Waals surface area contributed by atoms with Crippen molar-refractivity contribution in [3.63, 3.8) is 0 Å². The van der Waals surface area contributed by atoms with Crippen molar-refractivity contribution in [3.8, 4) is 0 Å². The van der Waals surface area contributed by atoms with E-state index in [2.05, 4.69) is 15.9 Å². The third-order valence-corrected chi connectivity index (χ3v) is 2.11. The average Bonchev–Trinajstić information content (AvgIpc) is 2.04. The number of benzene rings is 1. The summed E-state index contributed by atoms with van der Waals surface area (Å²) >= 11 is 3.38. The molecule has 0 unspecified atom stereocenters. The Morgan fingerprint density at radius 3 is 2.36 bits per heavy atom. The van der Waals surface area contributed by atoms with Crippen molar-refractivity contribution in [1.82, 2.24) is 5.73 Å². The van der Waals surface area contributed by atoms with E-state index < -0.39 is 0 Å². The largest absolute Gasteiger partial charge is 0.301 e. The van der Waals surface area contributed by atoms with Crippen molar-refractivity contribution in [2.24, 2.45) is 0 Å². The Hall–Kier alpha value is -0.500. The fourth-order valence-corrected chi connectivity index (χ4v) is 1.22. The van der Waals surface area contributed by atoms with Crippen LogP contribution in [0.4, 0.5) is 5.69 Å². The molecular weight excluding hydrogens is 202 g/mol. The van der Waals surface area contributed by atoms with Crippen molar-refractivity contribution in [2.45, 2.75) is 12.8 Å². The molecule has 1 radical (unpaired) electrons. The summed E-state index contributed by atoms with van der Waals surface area (Å²) in [4.78, 5) is 0. The number of nitrogens with one attached hydrogen (secondary N) is 1. The lowest BCUT2D eigenvalue weighted by atomic mass is 10.1. The van der Waals surface area contributed by atoms with Gasteiger partial charge in [-0.05, 0) is 30.5 Å². The summed E-state index contributed by atoms with van der Waals surface area (Å²) in [5.74, 6) is 0. The number of hydrogen-bond acceptors (Lipinski definition) is 0. The van der Waals surface area contributed by atoms with Gasteiger partial charge in [0.2, 0.25) is 0 Å². The Morgan fingerprint density at radius 1 is 1.18 bits per heavy atom. The molecule has 1 aromatic rings. The van der Waals surface area contributed by atoms with Crippen molar-refractivity contribution in [3.05, 3.63) is 29.8 Å². The van der Waals surface area contributed by atoms with Crippen LogP contribution in [0.25, 0.3) is 0 Å². The minimum atomic E-state index is 0.590. The minimum absolute atomic E-state index is 0.590. The number of halogens is 1. The van der Waals surface area contributed by atoms with Crippen LogP contribution in [0.2, 0.25) is 0 Å². The van der Waals surface area contributed by atoms with E-state index in [0.717, 1.165) is 18.2 Å². The van der Waals surface area contributed by atoms with E-state index in [4.69, 9.17) is 5.73 Å². The van der Waals surface area contributed by atoms with Crippen LogP contribution >= 0.6 is 15.9 Å². The van der Waals surface area contributed by atoms with E-state index >= 15 is 0 Å². The van der Waals surface area contributed by atoms with Crippen LogP contribution in [0.1, 0.15) is 12.0 Å². The van der Waals surface area contributed by atoms with E-state index in [-0.39, 0.29) is 0 Å². The summed E-state index contributed by atoms with van der Waals surface area (Å²) in [6.45, 7) is 0. The Labute approximate surface area is 75.7 Å². The summed E-state index contributed by atoms with van der Waals surface area (Å²) in [7, 11) is 0. The summed E-state index contributed by atoms with van der Waals surface area (Å²) in [6.07, 6.45) is 2.27. The van der Waals surface area contributed by atoms with Crippen molar-refractivity contribution in [1.29, 1.82) is 0 Å². The average molecular weight is 213 g/mol. The first-order valence-electron chi connectivity index (χ1n) is 3.69. The molecule has 0 aliphatic heterocycles. The van der Waals surface area contributed by atoms with Gasteiger partial charge in [-0.25, -0.2) is 0 Å². The van der Waals surface area contributed by atoms with Crippen LogP contribution in [0.15, 0.2) is 24.3 Å². The maximum absolute atomic E-state index is 7.26. The lowest BCUT2D eigenvalue weighted by molar-refractivity contribution is 0.939. The molecule has 1 nitrogen and oxygen atoms in total. The van der Waals surface area contributed by atoms with Crippen LogP contribution < -0.4 is 5.73 Å². The molecule has 0 aromatic heterocycles. The van der Waals surface area contributed by atoms with Crippen molar-refractivity contribution >= 4 is 21.6 Å². The van der Waals surface area contributed by atoms with E-state index in [1.165, 1.54) is 5.56 Å². The second-order valence-corrected chi connectivity index (χ2v) is 3.28. The Bertz CT molecular complexity index is 205. The fraction of sp³-hybridized carbons (Fsp3) is 0.333. The SMILES string of the molecule is [NH]c1ccc(CCCBr)cc1. The standard InChI is InChI=1S/C9H11BrN/c10-7-1-2-8-3-5-9(11)6-4-8/h3-6,11H,1-2,7H2. The molecule has 2 heteroatoms. The van der Waals surface area contributed by atoms with E-state index in [0.29, 0.717) is 5.69 Å². The van der Waals surface area contributed by atoms with Crippen LogP contribution in [0.5, 0.6) is 0 Å². The number of rotatable bonds is 3. The zero-order chi connectivity index (χ0) is 8.10. The summed E-state index contributed by atoms with van der Waals surface area (Å²) in [6, 6.07) is 7.71. The smallest absolute Gasteiger partial charge is 0.0540 e. The van der Waals surface area contributed by atoms with Crippen molar-refractivity contribution in [2.75, 3.05) is 5.33 Å². The quantitative estimate of drug-likeness (QED) is 0.689. The van der Waals surface area contributed by atoms with Gasteiger partial charge in [-0.3, -0.25) is 0 Å². The lowest BCUT2D eigenvalue weighted by Gasteiger charge is -1.98. The first-order chi connectivity index (χ1) is 5.33. The molecule has 11 heavy (non-hydrogen) atoms. The molecule has 0 bridgehead atoms. The summed E-state index contributed by atoms with van der Waals surface area (Å²) in [5.41, 5.74) is 9.17. The molecule has 0 fully saturated rings. The second kappa shape index (κ2) is 4.39. The summed E-state index contributed by atoms with van der Waals surface area (Å²) in [5, 5.41) is 1.05. The van der Waals surface area contributed by atoms with E-state index in [1.807, 2.05) is 24.3 Å². The predicted octanol–water partition coefficient (Wildman–Crippen LogP) is 2.93. The topological polar surface area (TPSA) is 23.8 Å². The van der Waals surface area contributed by atoms with E-state index in [1.54, 1.807) is 0 Å². The van der Waals surface area contributed by atoms with Crippen LogP contribution in [0.3, 0.4) is 0 Å². The molecule has 0 saturated carbocycles. The molecule has 0 spiro atoms. The monoisotopic (exact) mass is 212 g/mol. The number of alkyl halides is 1. The molecular formula is C9H11BrN. The van der Waals surface area contributed by atoms with Gasteiger partial charge in [0.25, 0.3) is 0 Å². The van der Waals surface area contributed by atoms with Gasteiger partial charge in [0.15, 0.2) is 0 Å². The molecule has 0 atom stereocenters. The van der Waals surface area contributed by atoms with Gasteiger partial charge in [-0.1, -0.05) is 28.1 Å². The normalized spacial score (nSPS) is 9.91. The third-order valence-electron chi connectivity index (χ3n) is 1.55. The molecule has 1 aromatic carbocycles. The van der Waals surface area contributed by atoms with Gasteiger partial charge in [0, 0.05) is 5.33 Å². The lowest BCUT2D eigenvalue weighted by Crippen LogP contribution is -1.84. The molecule has 0 amide bonds. The van der Waals surface area contributed by atoms with Crippen LogP contribution in [-0.2, 0) is 6.42 Å². The number of hydrogen-bond donors (Lipinski definition) is 0. The highest BCUT2D eigenvalue weighted by Gasteiger charge is 1.91. The molecule has 1 N–H and O–H groups in total. The zero-order valence-electron chi connectivity index (χ0n) is 6.31. The molecule has 0 aliphatic rings. The third kappa shape index (κ3) is 2.93. The predicted molar refractivity (Wildman–Crippen MR) is 51.3 cm³/mol. The van der Waals surface area contributed by atoms with Crippen molar-refractivity contribution < 1.29 is 0 Å². The van der Waals surface area contributed by atoms with Gasteiger partial charge in [-0.15, -0.1) is 0 Å². The van der Waals surface area contributed by atoms with E-state index in [9.17, 15) is 0 Å². The molecule has 1 rings (SSSR count). The minimum Gasteiger partial charge on any atom is -0.301 e. The molecule has 0 saturated heterocycles. The molecule has 0 heterocycles. The highest BCUT2D eigenvalue weighted by atomic mass is 79.9. The fourth-order valence-electron chi connectivity index (χ4n) is 0.942. The van der Waals surface area contributed by atoms with Crippen LogP contribution in [-0.4, -0.2) is 5.33 Å². The molecule has 0 aliphatic carbocycles. The second-order valence-electron chi connectivity index (χ2n) is 2.49. The first kappa shape index (κ1) is 8.60. The zero-order valence-corrected chi connectivity index (χ0v) is 7.89. The van der Waals surface area contributed by atoms with Gasteiger partial charge in [-0.2, -0.15) is 0 Å². The maximum atomic E-state index is 7.26. The molecule has 59 valence electrons.